The van der Waals surface area contributed by atoms with Crippen LogP contribution in [0, 0.1) is 0 Å². The molecular weight excluding hydrogens is 534 g/mol. The number of unbranched alkanes of at least 4 members (excludes halogenated alkanes) is 24. The van der Waals surface area contributed by atoms with Crippen LogP contribution in [-0.2, 0) is 4.74 Å². The lowest BCUT2D eigenvalue weighted by Gasteiger charge is -2.18. The summed E-state index contributed by atoms with van der Waals surface area (Å²) in [6.07, 6.45) is 52.5. The monoisotopic (exact) mass is 618 g/mol. The number of ether oxygens (including phenoxy) is 1. The van der Waals surface area contributed by atoms with Crippen LogP contribution in [0.2, 0.25) is 0 Å². The third-order valence-corrected chi connectivity index (χ3v) is 9.18. The third-order valence-electron chi connectivity index (χ3n) is 9.18. The molecule has 0 bridgehead atoms. The number of hydrogen-bond acceptors (Lipinski definition) is 2. The second-order valence-corrected chi connectivity index (χ2v) is 14.1. The van der Waals surface area contributed by atoms with E-state index in [9.17, 15) is 0 Å². The fraction of sp³-hybridized carbons (Fsp3) is 0.905. The Bertz CT molecular complexity index is 568. The van der Waals surface area contributed by atoms with Gasteiger partial charge in [0.15, 0.2) is 0 Å². The van der Waals surface area contributed by atoms with Crippen molar-refractivity contribution in [1.29, 1.82) is 0 Å². The molecular formula is C42H83NO. The van der Waals surface area contributed by atoms with E-state index in [-0.39, 0.29) is 0 Å². The van der Waals surface area contributed by atoms with Crippen LogP contribution in [0.15, 0.2) is 24.3 Å². The van der Waals surface area contributed by atoms with Gasteiger partial charge in [-0.2, -0.15) is 0 Å². The quantitative estimate of drug-likeness (QED) is 0.0508. The molecule has 1 unspecified atom stereocenters. The molecule has 0 fully saturated rings. The normalized spacial score (nSPS) is 12.8. The van der Waals surface area contributed by atoms with Crippen molar-refractivity contribution in [3.63, 3.8) is 0 Å². The van der Waals surface area contributed by atoms with E-state index >= 15 is 0 Å². The average molecular weight is 618 g/mol. The predicted octanol–water partition coefficient (Wildman–Crippen LogP) is 14.2. The molecule has 262 valence electrons. The second-order valence-electron chi connectivity index (χ2n) is 14.1. The van der Waals surface area contributed by atoms with E-state index in [1.807, 2.05) is 0 Å². The topological polar surface area (TPSA) is 12.5 Å². The van der Waals surface area contributed by atoms with Crippen molar-refractivity contribution >= 4 is 0 Å². The van der Waals surface area contributed by atoms with Gasteiger partial charge in [-0.1, -0.05) is 160 Å². The molecule has 0 spiro atoms. The van der Waals surface area contributed by atoms with E-state index in [1.54, 1.807) is 0 Å². The summed E-state index contributed by atoms with van der Waals surface area (Å²) in [5.74, 6) is 0. The van der Waals surface area contributed by atoms with Crippen LogP contribution >= 0.6 is 0 Å². The van der Waals surface area contributed by atoms with Gasteiger partial charge >= 0.3 is 0 Å². The molecule has 0 aliphatic carbocycles. The van der Waals surface area contributed by atoms with Crippen LogP contribution in [0.25, 0.3) is 0 Å². The highest BCUT2D eigenvalue weighted by atomic mass is 16.5. The Morgan fingerprint density at radius 3 is 1.11 bits per heavy atom. The fourth-order valence-electron chi connectivity index (χ4n) is 6.15. The van der Waals surface area contributed by atoms with E-state index < -0.39 is 0 Å². The predicted molar refractivity (Wildman–Crippen MR) is 201 cm³/mol. The molecule has 0 aliphatic rings. The van der Waals surface area contributed by atoms with Crippen LogP contribution < -0.4 is 0 Å². The molecule has 1 atom stereocenters. The van der Waals surface area contributed by atoms with Crippen molar-refractivity contribution in [1.82, 2.24) is 4.90 Å². The third kappa shape index (κ3) is 37.6. The molecule has 0 N–H and O–H groups in total. The maximum Gasteiger partial charge on any atom is 0.0575 e. The molecule has 0 aromatic heterocycles. The van der Waals surface area contributed by atoms with E-state index in [0.29, 0.717) is 6.10 Å². The minimum absolute atomic E-state index is 0.498. The summed E-state index contributed by atoms with van der Waals surface area (Å²) in [5.41, 5.74) is 0. The van der Waals surface area contributed by atoms with Gasteiger partial charge in [0.25, 0.3) is 0 Å². The molecule has 0 radical (unpaired) electrons. The molecule has 0 saturated carbocycles. The first-order valence-corrected chi connectivity index (χ1v) is 20.3. The number of nitrogens with zero attached hydrogens (tertiary/aromatic N) is 1. The maximum absolute atomic E-state index is 6.43. The largest absolute Gasteiger partial charge is 0.378 e. The average Bonchev–Trinajstić information content (AvgIpc) is 3.02. The summed E-state index contributed by atoms with van der Waals surface area (Å²) >= 11 is 0. The van der Waals surface area contributed by atoms with Gasteiger partial charge in [0.2, 0.25) is 0 Å². The van der Waals surface area contributed by atoms with Crippen LogP contribution in [0.4, 0.5) is 0 Å². The molecule has 0 saturated heterocycles. The van der Waals surface area contributed by atoms with Crippen molar-refractivity contribution in [2.24, 2.45) is 0 Å². The molecule has 0 aliphatic heterocycles. The summed E-state index contributed by atoms with van der Waals surface area (Å²) < 4.78 is 6.43. The van der Waals surface area contributed by atoms with Crippen LogP contribution in [0.5, 0.6) is 0 Å². The minimum atomic E-state index is 0.498. The zero-order valence-electron chi connectivity index (χ0n) is 31.1. The Hall–Kier alpha value is -0.600. The Kier molecular flexibility index (Phi) is 38.1. The summed E-state index contributed by atoms with van der Waals surface area (Å²) in [6.45, 7) is 6.72. The van der Waals surface area contributed by atoms with Crippen molar-refractivity contribution < 1.29 is 4.74 Å². The van der Waals surface area contributed by atoms with Gasteiger partial charge in [-0.25, -0.2) is 0 Å². The highest BCUT2D eigenvalue weighted by Gasteiger charge is 2.09. The minimum Gasteiger partial charge on any atom is -0.378 e. The summed E-state index contributed by atoms with van der Waals surface area (Å²) in [6, 6.07) is 0. The summed E-state index contributed by atoms with van der Waals surface area (Å²) in [7, 11) is 4.34. The lowest BCUT2D eigenvalue weighted by molar-refractivity contribution is 0.0353. The van der Waals surface area contributed by atoms with Crippen molar-refractivity contribution in [3.05, 3.63) is 24.3 Å². The SMILES string of the molecule is CCCCCCC/C=C/CCCCCCCCC(CCCCCCCC/C=C/CCCCCCCC)OCCCCN(C)C. The highest BCUT2D eigenvalue weighted by molar-refractivity contribution is 4.82. The highest BCUT2D eigenvalue weighted by Crippen LogP contribution is 2.18. The van der Waals surface area contributed by atoms with Crippen LogP contribution in [0.1, 0.15) is 213 Å². The number of rotatable bonds is 37. The maximum atomic E-state index is 6.43. The number of hydrogen-bond donors (Lipinski definition) is 0. The van der Waals surface area contributed by atoms with E-state index in [2.05, 4.69) is 57.1 Å². The Morgan fingerprint density at radius 2 is 0.750 bits per heavy atom. The lowest BCUT2D eigenvalue weighted by Crippen LogP contribution is -2.16. The van der Waals surface area contributed by atoms with E-state index in [0.717, 1.165) is 6.61 Å². The van der Waals surface area contributed by atoms with Gasteiger partial charge in [-0.3, -0.25) is 0 Å². The smallest absolute Gasteiger partial charge is 0.0575 e. The molecule has 0 aromatic rings. The standard InChI is InChI=1S/C42H83NO/c1-5-7-9-11-13-15-17-19-21-23-25-27-29-31-33-35-39-42(44-41-37-36-40-43(3)4)38-34-32-30-28-26-24-22-20-18-16-14-12-10-8-6-2/h18-21,42H,5-17,22-41H2,1-4H3/b20-18+,21-19+. The molecule has 2 heteroatoms. The van der Waals surface area contributed by atoms with Gasteiger partial charge in [-0.15, -0.1) is 0 Å². The first-order chi connectivity index (χ1) is 21.7. The first kappa shape index (κ1) is 43.4. The van der Waals surface area contributed by atoms with Gasteiger partial charge in [-0.05, 0) is 97.7 Å². The summed E-state index contributed by atoms with van der Waals surface area (Å²) in [5, 5.41) is 0. The molecule has 44 heavy (non-hydrogen) atoms. The molecule has 0 amide bonds. The van der Waals surface area contributed by atoms with Gasteiger partial charge in [0.1, 0.15) is 0 Å². The van der Waals surface area contributed by atoms with E-state index in [4.69, 9.17) is 4.74 Å². The van der Waals surface area contributed by atoms with Gasteiger partial charge in [0.05, 0.1) is 6.10 Å². The number of allylic oxidation sites excluding steroid dienone is 4. The fourth-order valence-corrected chi connectivity index (χ4v) is 6.15. The zero-order chi connectivity index (χ0) is 32.0. The summed E-state index contributed by atoms with van der Waals surface area (Å²) in [4.78, 5) is 2.29. The van der Waals surface area contributed by atoms with Crippen LogP contribution in [-0.4, -0.2) is 38.3 Å². The molecule has 2 nitrogen and oxygen atoms in total. The first-order valence-electron chi connectivity index (χ1n) is 20.3. The van der Waals surface area contributed by atoms with Crippen molar-refractivity contribution in [2.75, 3.05) is 27.2 Å². The van der Waals surface area contributed by atoms with E-state index in [1.165, 1.54) is 206 Å². The Morgan fingerprint density at radius 1 is 0.409 bits per heavy atom. The Balaban J connectivity index is 3.83. The van der Waals surface area contributed by atoms with Gasteiger partial charge in [0, 0.05) is 6.61 Å². The van der Waals surface area contributed by atoms with Crippen molar-refractivity contribution in [2.45, 2.75) is 219 Å². The molecule has 0 aromatic carbocycles. The van der Waals surface area contributed by atoms with Crippen molar-refractivity contribution in [3.8, 4) is 0 Å². The molecule has 0 rings (SSSR count). The Labute approximate surface area is 279 Å². The zero-order valence-corrected chi connectivity index (χ0v) is 31.1. The van der Waals surface area contributed by atoms with Crippen LogP contribution in [0.3, 0.4) is 0 Å². The molecule has 0 heterocycles. The second kappa shape index (κ2) is 38.6. The van der Waals surface area contributed by atoms with Gasteiger partial charge < -0.3 is 9.64 Å². The lowest BCUT2D eigenvalue weighted by atomic mass is 10.0.